The van der Waals surface area contributed by atoms with Crippen LogP contribution in [0.3, 0.4) is 0 Å². The Hall–Kier alpha value is -1.88. The summed E-state index contributed by atoms with van der Waals surface area (Å²) in [6.45, 7) is 5.59. The van der Waals surface area contributed by atoms with Crippen molar-refractivity contribution in [2.24, 2.45) is 0 Å². The molecule has 25 heavy (non-hydrogen) atoms. The van der Waals surface area contributed by atoms with E-state index in [2.05, 4.69) is 32.3 Å². The Kier molecular flexibility index (Phi) is 7.00. The molecule has 1 unspecified atom stereocenters. The van der Waals surface area contributed by atoms with E-state index >= 15 is 0 Å². The van der Waals surface area contributed by atoms with Crippen LogP contribution in [-0.2, 0) is 11.2 Å². The number of nitrogens with one attached hydrogen (secondary N) is 1. The van der Waals surface area contributed by atoms with Gasteiger partial charge in [0, 0.05) is 16.9 Å². The minimum absolute atomic E-state index is 0.0837. The van der Waals surface area contributed by atoms with E-state index < -0.39 is 5.60 Å². The molecule has 0 bridgehead atoms. The van der Waals surface area contributed by atoms with Crippen LogP contribution < -0.4 is 5.32 Å². The lowest BCUT2D eigenvalue weighted by Crippen LogP contribution is -2.35. The summed E-state index contributed by atoms with van der Waals surface area (Å²) < 4.78 is 6.43. The zero-order valence-electron chi connectivity index (χ0n) is 15.0. The Bertz CT molecular complexity index is 666. The monoisotopic (exact) mass is 404 g/mol. The van der Waals surface area contributed by atoms with Gasteiger partial charge in [-0.1, -0.05) is 34.1 Å². The van der Waals surface area contributed by atoms with Gasteiger partial charge in [0.05, 0.1) is 6.04 Å². The molecule has 0 fully saturated rings. The van der Waals surface area contributed by atoms with E-state index in [1.165, 1.54) is 5.56 Å². The van der Waals surface area contributed by atoms with Crippen LogP contribution in [0.4, 0.5) is 4.79 Å². The summed E-state index contributed by atoms with van der Waals surface area (Å²) in [5.41, 5.74) is 1.76. The van der Waals surface area contributed by atoms with Gasteiger partial charge in [-0.3, -0.25) is 4.98 Å². The molecule has 2 aromatic rings. The summed E-state index contributed by atoms with van der Waals surface area (Å²) in [6, 6.07) is 12.0. The number of ether oxygens (including phenoxy) is 1. The molecule has 4 nitrogen and oxygen atoms in total. The maximum Gasteiger partial charge on any atom is 0.408 e. The lowest BCUT2D eigenvalue weighted by Gasteiger charge is -2.24. The number of hydrogen-bond donors (Lipinski definition) is 1. The number of carbonyl (C=O) groups excluding carboxylic acids is 1. The number of amides is 1. The molecule has 0 aliphatic heterocycles. The summed E-state index contributed by atoms with van der Waals surface area (Å²) in [4.78, 5) is 16.3. The number of carbonyl (C=O) groups is 1. The number of pyridine rings is 1. The fraction of sp³-hybridized carbons (Fsp3) is 0.400. The van der Waals surface area contributed by atoms with Crippen molar-refractivity contribution >= 4 is 22.0 Å². The summed E-state index contributed by atoms with van der Waals surface area (Å²) in [5.74, 6) is 0. The van der Waals surface area contributed by atoms with Crippen LogP contribution in [0.2, 0.25) is 0 Å². The van der Waals surface area contributed by atoms with Crippen LogP contribution in [0.25, 0.3) is 0 Å². The third-order valence-electron chi connectivity index (χ3n) is 3.64. The van der Waals surface area contributed by atoms with Gasteiger partial charge < -0.3 is 10.1 Å². The lowest BCUT2D eigenvalue weighted by molar-refractivity contribution is 0.0500. The summed E-state index contributed by atoms with van der Waals surface area (Å²) in [7, 11) is 0. The number of alkyl carbamates (subject to hydrolysis) is 1. The smallest absolute Gasteiger partial charge is 0.408 e. The van der Waals surface area contributed by atoms with Crippen molar-refractivity contribution in [1.29, 1.82) is 0 Å². The third kappa shape index (κ3) is 7.26. The molecular weight excluding hydrogens is 380 g/mol. The summed E-state index contributed by atoms with van der Waals surface area (Å²) in [6.07, 6.45) is 5.98. The van der Waals surface area contributed by atoms with Crippen LogP contribution in [-0.4, -0.2) is 16.7 Å². The van der Waals surface area contributed by atoms with Gasteiger partial charge in [0.2, 0.25) is 0 Å². The minimum atomic E-state index is -0.510. The molecule has 1 aromatic heterocycles. The van der Waals surface area contributed by atoms with Crippen LogP contribution in [0.1, 0.15) is 50.8 Å². The first kappa shape index (κ1) is 19.4. The number of hydrogen-bond acceptors (Lipinski definition) is 3. The van der Waals surface area contributed by atoms with Gasteiger partial charge in [-0.05, 0) is 69.4 Å². The molecule has 1 N–H and O–H groups in total. The van der Waals surface area contributed by atoms with Gasteiger partial charge in [-0.15, -0.1) is 0 Å². The Labute approximate surface area is 158 Å². The Morgan fingerprint density at radius 1 is 1.24 bits per heavy atom. The van der Waals surface area contributed by atoms with Crippen molar-refractivity contribution in [3.05, 3.63) is 64.4 Å². The van der Waals surface area contributed by atoms with Gasteiger partial charge in [-0.2, -0.15) is 0 Å². The number of benzene rings is 1. The second-order valence-corrected chi connectivity index (χ2v) is 7.92. The molecular formula is C20H25BrN2O2. The largest absolute Gasteiger partial charge is 0.444 e. The fourth-order valence-electron chi connectivity index (χ4n) is 2.52. The quantitative estimate of drug-likeness (QED) is 0.697. The molecule has 0 aliphatic rings. The SMILES string of the molecule is CC(C)(C)OC(=O)NC(CCCc1cccnc1)c1ccc(Br)cc1. The second-order valence-electron chi connectivity index (χ2n) is 7.00. The van der Waals surface area contributed by atoms with Crippen LogP contribution in [0.15, 0.2) is 53.3 Å². The predicted molar refractivity (Wildman–Crippen MR) is 103 cm³/mol. The maximum atomic E-state index is 12.2. The van der Waals surface area contributed by atoms with Crippen LogP contribution in [0, 0.1) is 0 Å². The third-order valence-corrected chi connectivity index (χ3v) is 4.17. The fourth-order valence-corrected chi connectivity index (χ4v) is 2.79. The van der Waals surface area contributed by atoms with Gasteiger partial charge in [0.25, 0.3) is 0 Å². The highest BCUT2D eigenvalue weighted by Gasteiger charge is 2.20. The average Bonchev–Trinajstić information content (AvgIpc) is 2.54. The number of aromatic nitrogens is 1. The molecule has 134 valence electrons. The topological polar surface area (TPSA) is 51.2 Å². The number of nitrogens with zero attached hydrogens (tertiary/aromatic N) is 1. The molecule has 0 radical (unpaired) electrons. The zero-order chi connectivity index (χ0) is 18.3. The van der Waals surface area contributed by atoms with Crippen LogP contribution >= 0.6 is 15.9 Å². The van der Waals surface area contributed by atoms with Crippen molar-refractivity contribution in [3.63, 3.8) is 0 Å². The molecule has 1 heterocycles. The van der Waals surface area contributed by atoms with Gasteiger partial charge in [0.1, 0.15) is 5.60 Å². The van der Waals surface area contributed by atoms with Crippen molar-refractivity contribution in [2.75, 3.05) is 0 Å². The normalized spacial score (nSPS) is 12.5. The van der Waals surface area contributed by atoms with Gasteiger partial charge in [-0.25, -0.2) is 4.79 Å². The van der Waals surface area contributed by atoms with Crippen molar-refractivity contribution in [1.82, 2.24) is 10.3 Å². The highest BCUT2D eigenvalue weighted by Crippen LogP contribution is 2.22. The Morgan fingerprint density at radius 2 is 1.96 bits per heavy atom. The van der Waals surface area contributed by atoms with E-state index in [4.69, 9.17) is 4.74 Å². The van der Waals surface area contributed by atoms with E-state index in [9.17, 15) is 4.79 Å². The van der Waals surface area contributed by atoms with E-state index in [-0.39, 0.29) is 12.1 Å². The Balaban J connectivity index is 2.01. The first-order valence-corrected chi connectivity index (χ1v) is 9.27. The predicted octanol–water partition coefficient (Wildman–Crippen LogP) is 5.43. The molecule has 2 rings (SSSR count). The van der Waals surface area contributed by atoms with Gasteiger partial charge >= 0.3 is 6.09 Å². The van der Waals surface area contributed by atoms with E-state index in [0.29, 0.717) is 0 Å². The van der Waals surface area contributed by atoms with Gasteiger partial charge in [0.15, 0.2) is 0 Å². The van der Waals surface area contributed by atoms with Crippen molar-refractivity contribution < 1.29 is 9.53 Å². The van der Waals surface area contributed by atoms with E-state index in [1.54, 1.807) is 6.20 Å². The van der Waals surface area contributed by atoms with E-state index in [1.807, 2.05) is 57.3 Å². The number of rotatable bonds is 6. The lowest BCUT2D eigenvalue weighted by atomic mass is 9.99. The molecule has 1 aromatic carbocycles. The first-order chi connectivity index (χ1) is 11.8. The number of halogens is 1. The van der Waals surface area contributed by atoms with Crippen molar-refractivity contribution in [2.45, 2.75) is 51.7 Å². The standard InChI is InChI=1S/C20H25BrN2O2/c1-20(2,3)25-19(24)23-18(16-9-11-17(21)12-10-16)8-4-6-15-7-5-13-22-14-15/h5,7,9-14,18H,4,6,8H2,1-3H3,(H,23,24). The highest BCUT2D eigenvalue weighted by atomic mass is 79.9. The first-order valence-electron chi connectivity index (χ1n) is 8.47. The zero-order valence-corrected chi connectivity index (χ0v) is 16.5. The Morgan fingerprint density at radius 3 is 2.56 bits per heavy atom. The number of aryl methyl sites for hydroxylation is 1. The van der Waals surface area contributed by atoms with Crippen LogP contribution in [0.5, 0.6) is 0 Å². The molecule has 1 amide bonds. The molecule has 0 aliphatic carbocycles. The molecule has 0 spiro atoms. The summed E-state index contributed by atoms with van der Waals surface area (Å²) in [5, 5.41) is 3.00. The van der Waals surface area contributed by atoms with Crippen molar-refractivity contribution in [3.8, 4) is 0 Å². The second kappa shape index (κ2) is 8.99. The average molecular weight is 405 g/mol. The molecule has 1 atom stereocenters. The summed E-state index contributed by atoms with van der Waals surface area (Å²) >= 11 is 3.45. The highest BCUT2D eigenvalue weighted by molar-refractivity contribution is 9.10. The van der Waals surface area contributed by atoms with E-state index in [0.717, 1.165) is 29.3 Å². The maximum absolute atomic E-state index is 12.2. The minimum Gasteiger partial charge on any atom is -0.444 e. The molecule has 5 heteroatoms. The molecule has 0 saturated heterocycles. The molecule has 0 saturated carbocycles.